The molecule has 2 aromatic carbocycles. The van der Waals surface area contributed by atoms with Crippen molar-refractivity contribution in [2.45, 2.75) is 31.6 Å². The van der Waals surface area contributed by atoms with E-state index in [-0.39, 0.29) is 5.91 Å². The van der Waals surface area contributed by atoms with Crippen molar-refractivity contribution in [3.05, 3.63) is 52.5 Å². The van der Waals surface area contributed by atoms with Crippen LogP contribution in [-0.4, -0.2) is 16.6 Å². The number of thioether (sulfide) groups is 1. The number of carbonyl (C=O) groups is 1. The minimum atomic E-state index is 0.0195. The Kier molecular flexibility index (Phi) is 5.99. The van der Waals surface area contributed by atoms with Crippen molar-refractivity contribution in [2.75, 3.05) is 11.1 Å². The fourth-order valence-electron chi connectivity index (χ4n) is 2.45. The number of rotatable bonds is 6. The summed E-state index contributed by atoms with van der Waals surface area (Å²) >= 11 is 9.15. The zero-order chi connectivity index (χ0) is 17.8. The molecule has 0 saturated carbocycles. The summed E-state index contributed by atoms with van der Waals surface area (Å²) in [6, 6.07) is 11.9. The van der Waals surface area contributed by atoms with Gasteiger partial charge in [0.05, 0.1) is 10.2 Å². The Labute approximate surface area is 160 Å². The van der Waals surface area contributed by atoms with E-state index in [1.165, 1.54) is 10.5 Å². The molecule has 0 aliphatic heterocycles. The Morgan fingerprint density at radius 2 is 1.88 bits per heavy atom. The highest BCUT2D eigenvalue weighted by molar-refractivity contribution is 7.99. The first-order chi connectivity index (χ1) is 12.0. The largest absolute Gasteiger partial charge is 0.302 e. The van der Waals surface area contributed by atoms with Crippen LogP contribution in [-0.2, 0) is 4.79 Å². The third-order valence-corrected chi connectivity index (χ3v) is 6.28. The molecule has 0 spiro atoms. The number of halogens is 1. The third kappa shape index (κ3) is 4.75. The molecule has 3 rings (SSSR count). The van der Waals surface area contributed by atoms with Crippen LogP contribution in [0.25, 0.3) is 10.2 Å². The molecule has 0 bridgehead atoms. The smallest absolute Gasteiger partial charge is 0.226 e. The topological polar surface area (TPSA) is 42.0 Å². The Morgan fingerprint density at radius 1 is 1.16 bits per heavy atom. The first kappa shape index (κ1) is 18.2. The lowest BCUT2D eigenvalue weighted by Crippen LogP contribution is -2.11. The third-order valence-electron chi connectivity index (χ3n) is 3.82. The Hall–Kier alpha value is -1.56. The molecule has 0 atom stereocenters. The number of aryl methyl sites for hydroxylation is 2. The van der Waals surface area contributed by atoms with Crippen LogP contribution in [0, 0.1) is 13.8 Å². The van der Waals surface area contributed by atoms with E-state index < -0.39 is 0 Å². The maximum absolute atomic E-state index is 12.1. The van der Waals surface area contributed by atoms with Gasteiger partial charge in [0, 0.05) is 16.3 Å². The first-order valence-electron chi connectivity index (χ1n) is 8.08. The van der Waals surface area contributed by atoms with Gasteiger partial charge in [-0.3, -0.25) is 4.79 Å². The van der Waals surface area contributed by atoms with E-state index in [9.17, 15) is 4.79 Å². The van der Waals surface area contributed by atoms with Crippen molar-refractivity contribution < 1.29 is 4.79 Å². The lowest BCUT2D eigenvalue weighted by molar-refractivity contribution is -0.116. The zero-order valence-corrected chi connectivity index (χ0v) is 16.5. The summed E-state index contributed by atoms with van der Waals surface area (Å²) in [4.78, 5) is 17.9. The minimum absolute atomic E-state index is 0.0195. The summed E-state index contributed by atoms with van der Waals surface area (Å²) in [6.45, 7) is 4.11. The molecule has 25 heavy (non-hydrogen) atoms. The maximum Gasteiger partial charge on any atom is 0.226 e. The number of aromatic nitrogens is 1. The van der Waals surface area contributed by atoms with Gasteiger partial charge in [0.15, 0.2) is 5.13 Å². The first-order valence-corrected chi connectivity index (χ1v) is 10.3. The Bertz CT molecular complexity index is 851. The molecule has 0 unspecified atom stereocenters. The van der Waals surface area contributed by atoms with Crippen molar-refractivity contribution in [1.29, 1.82) is 0 Å². The summed E-state index contributed by atoms with van der Waals surface area (Å²) in [7, 11) is 0. The highest BCUT2D eigenvalue weighted by Crippen LogP contribution is 2.31. The molecular formula is C19H19ClN2OS2. The molecule has 0 radical (unpaired) electrons. The number of carbonyl (C=O) groups excluding carboxylic acids is 1. The molecule has 0 fully saturated rings. The predicted molar refractivity (Wildman–Crippen MR) is 109 cm³/mol. The van der Waals surface area contributed by atoms with E-state index in [0.717, 1.165) is 33.0 Å². The van der Waals surface area contributed by atoms with E-state index in [1.54, 1.807) is 23.1 Å². The van der Waals surface area contributed by atoms with Gasteiger partial charge in [0.2, 0.25) is 5.91 Å². The minimum Gasteiger partial charge on any atom is -0.302 e. The summed E-state index contributed by atoms with van der Waals surface area (Å²) in [5.41, 5.74) is 3.31. The molecular weight excluding hydrogens is 372 g/mol. The van der Waals surface area contributed by atoms with Crippen LogP contribution in [0.3, 0.4) is 0 Å². The average Bonchev–Trinajstić information content (AvgIpc) is 3.02. The summed E-state index contributed by atoms with van der Waals surface area (Å²) < 4.78 is 1.15. The lowest BCUT2D eigenvalue weighted by Gasteiger charge is -2.03. The molecule has 0 aliphatic rings. The van der Waals surface area contributed by atoms with Crippen LogP contribution in [0.1, 0.15) is 24.0 Å². The van der Waals surface area contributed by atoms with Crippen LogP contribution < -0.4 is 5.32 Å². The number of nitrogens with zero attached hydrogens (tertiary/aromatic N) is 1. The second-order valence-electron chi connectivity index (χ2n) is 5.85. The zero-order valence-electron chi connectivity index (χ0n) is 14.1. The van der Waals surface area contributed by atoms with Crippen LogP contribution in [0.4, 0.5) is 5.13 Å². The van der Waals surface area contributed by atoms with Gasteiger partial charge < -0.3 is 5.32 Å². The number of benzene rings is 2. The van der Waals surface area contributed by atoms with Gasteiger partial charge in [-0.25, -0.2) is 4.98 Å². The quantitative estimate of drug-likeness (QED) is 0.409. The van der Waals surface area contributed by atoms with Gasteiger partial charge in [-0.15, -0.1) is 11.8 Å². The molecule has 1 aromatic heterocycles. The maximum atomic E-state index is 12.1. The van der Waals surface area contributed by atoms with Crippen molar-refractivity contribution >= 4 is 56.0 Å². The lowest BCUT2D eigenvalue weighted by atomic mass is 10.1. The molecule has 1 amide bonds. The van der Waals surface area contributed by atoms with Crippen molar-refractivity contribution in [2.24, 2.45) is 0 Å². The summed E-state index contributed by atoms with van der Waals surface area (Å²) in [6.07, 6.45) is 1.32. The van der Waals surface area contributed by atoms with Crippen LogP contribution in [0.5, 0.6) is 0 Å². The number of fused-ring (bicyclic) bond motifs is 1. The van der Waals surface area contributed by atoms with Crippen LogP contribution in [0.2, 0.25) is 5.02 Å². The van der Waals surface area contributed by atoms with Gasteiger partial charge in [-0.05, 0) is 61.4 Å². The number of amides is 1. The predicted octanol–water partition coefficient (Wildman–Crippen LogP) is 6.08. The molecule has 3 nitrogen and oxygen atoms in total. The molecule has 3 aromatic rings. The molecule has 0 saturated heterocycles. The highest BCUT2D eigenvalue weighted by atomic mass is 35.5. The summed E-state index contributed by atoms with van der Waals surface area (Å²) in [5, 5.41) is 4.36. The van der Waals surface area contributed by atoms with Gasteiger partial charge in [0.1, 0.15) is 0 Å². The van der Waals surface area contributed by atoms with Gasteiger partial charge in [-0.2, -0.15) is 0 Å². The number of hydrogen-bond acceptors (Lipinski definition) is 4. The van der Waals surface area contributed by atoms with E-state index in [1.807, 2.05) is 31.2 Å². The molecule has 1 heterocycles. The molecule has 0 aliphatic carbocycles. The molecule has 1 N–H and O–H groups in total. The van der Waals surface area contributed by atoms with Gasteiger partial charge in [0.25, 0.3) is 0 Å². The van der Waals surface area contributed by atoms with Crippen molar-refractivity contribution in [1.82, 2.24) is 4.98 Å². The fourth-order valence-corrected chi connectivity index (χ4v) is 4.45. The van der Waals surface area contributed by atoms with E-state index in [2.05, 4.69) is 29.4 Å². The van der Waals surface area contributed by atoms with Crippen molar-refractivity contribution in [3.63, 3.8) is 0 Å². The number of thiazole rings is 1. The van der Waals surface area contributed by atoms with E-state index in [4.69, 9.17) is 11.6 Å². The van der Waals surface area contributed by atoms with Crippen LogP contribution >= 0.6 is 34.7 Å². The van der Waals surface area contributed by atoms with Gasteiger partial charge in [-0.1, -0.05) is 35.1 Å². The Balaban J connectivity index is 1.50. The molecule has 130 valence electrons. The number of hydrogen-bond donors (Lipinski definition) is 1. The van der Waals surface area contributed by atoms with Crippen molar-refractivity contribution in [3.8, 4) is 0 Å². The molecule has 6 heteroatoms. The normalized spacial score (nSPS) is 11.0. The van der Waals surface area contributed by atoms with Crippen LogP contribution in [0.15, 0.2) is 41.3 Å². The number of anilines is 1. The second kappa shape index (κ2) is 8.21. The summed E-state index contributed by atoms with van der Waals surface area (Å²) in [5.74, 6) is 0.915. The standard InChI is InChI=1S/C19H19ClN2OS2/c1-12-5-6-13(2)18-17(12)22-19(25-18)21-16(23)4-3-11-24-15-9-7-14(20)8-10-15/h5-10H,3-4,11H2,1-2H3,(H,21,22,23). The average molecular weight is 391 g/mol. The van der Waals surface area contributed by atoms with Gasteiger partial charge >= 0.3 is 0 Å². The number of nitrogens with one attached hydrogen (secondary N) is 1. The van der Waals surface area contributed by atoms with E-state index in [0.29, 0.717) is 11.6 Å². The highest BCUT2D eigenvalue weighted by Gasteiger charge is 2.11. The SMILES string of the molecule is Cc1ccc(C)c2sc(NC(=O)CCCSc3ccc(Cl)cc3)nc12. The Morgan fingerprint density at radius 3 is 2.60 bits per heavy atom. The second-order valence-corrected chi connectivity index (χ2v) is 8.45. The van der Waals surface area contributed by atoms with E-state index >= 15 is 0 Å². The monoisotopic (exact) mass is 390 g/mol. The fraction of sp³-hybridized carbons (Fsp3) is 0.263.